The van der Waals surface area contributed by atoms with Crippen molar-refractivity contribution in [2.24, 2.45) is 10.7 Å². The fraction of sp³-hybridized carbons (Fsp3) is 0.500. The molecule has 1 aromatic rings. The number of halogens is 1. The van der Waals surface area contributed by atoms with Gasteiger partial charge in [0.15, 0.2) is 5.84 Å². The number of nitrogens with zero attached hydrogens (tertiary/aromatic N) is 1. The molecular weight excluding hydrogens is 308 g/mol. The van der Waals surface area contributed by atoms with Crippen LogP contribution in [0.3, 0.4) is 0 Å². The van der Waals surface area contributed by atoms with Gasteiger partial charge in [0.05, 0.1) is 6.54 Å². The van der Waals surface area contributed by atoms with Crippen LogP contribution in [0.2, 0.25) is 0 Å². The van der Waals surface area contributed by atoms with Gasteiger partial charge in [-0.05, 0) is 38.0 Å². The molecule has 0 unspecified atom stereocenters. The first-order valence-corrected chi connectivity index (χ1v) is 7.15. The van der Waals surface area contributed by atoms with E-state index in [2.05, 4.69) is 20.9 Å². The van der Waals surface area contributed by atoms with E-state index in [0.717, 1.165) is 10.0 Å². The van der Waals surface area contributed by atoms with Crippen molar-refractivity contribution in [3.8, 4) is 0 Å². The summed E-state index contributed by atoms with van der Waals surface area (Å²) in [5.74, 6) is 0.375. The number of ether oxygens (including phenoxy) is 2. The van der Waals surface area contributed by atoms with E-state index in [9.17, 15) is 0 Å². The number of amidine groups is 1. The van der Waals surface area contributed by atoms with Gasteiger partial charge in [-0.1, -0.05) is 28.1 Å². The Morgan fingerprint density at radius 1 is 1.32 bits per heavy atom. The van der Waals surface area contributed by atoms with Crippen LogP contribution in [-0.4, -0.2) is 25.3 Å². The third-order valence-corrected chi connectivity index (χ3v) is 3.41. The molecule has 0 saturated heterocycles. The zero-order valence-corrected chi connectivity index (χ0v) is 13.2. The van der Waals surface area contributed by atoms with Gasteiger partial charge < -0.3 is 15.2 Å². The minimum atomic E-state index is -0.552. The number of benzene rings is 1. The molecule has 0 aliphatic rings. The number of rotatable bonds is 7. The summed E-state index contributed by atoms with van der Waals surface area (Å²) in [6.07, 6.45) is -0.552. The highest BCUT2D eigenvalue weighted by Crippen LogP contribution is 2.18. The molecular formula is C14H21BrN2O2. The molecule has 0 amide bonds. The largest absolute Gasteiger partial charge is 0.383 e. The summed E-state index contributed by atoms with van der Waals surface area (Å²) in [6.45, 7) is 7.44. The maximum absolute atomic E-state index is 5.89. The molecule has 0 saturated carbocycles. The van der Waals surface area contributed by atoms with Crippen LogP contribution in [0, 0.1) is 6.92 Å². The lowest BCUT2D eigenvalue weighted by atomic mass is 10.1. The first kappa shape index (κ1) is 16.1. The molecule has 0 aliphatic carbocycles. The van der Waals surface area contributed by atoms with Gasteiger partial charge in [-0.15, -0.1) is 0 Å². The number of aliphatic imine (C=N–C) groups is 1. The second-order valence-corrected chi connectivity index (χ2v) is 4.92. The molecule has 0 spiro atoms. The van der Waals surface area contributed by atoms with Crippen LogP contribution < -0.4 is 5.73 Å². The van der Waals surface area contributed by atoms with Crippen molar-refractivity contribution in [1.29, 1.82) is 0 Å². The molecule has 19 heavy (non-hydrogen) atoms. The van der Waals surface area contributed by atoms with Crippen molar-refractivity contribution < 1.29 is 9.47 Å². The number of hydrogen-bond donors (Lipinski definition) is 1. The molecule has 4 nitrogen and oxygen atoms in total. The molecule has 0 radical (unpaired) electrons. The Bertz CT molecular complexity index is 429. The van der Waals surface area contributed by atoms with Crippen LogP contribution in [0.4, 0.5) is 0 Å². The monoisotopic (exact) mass is 328 g/mol. The summed E-state index contributed by atoms with van der Waals surface area (Å²) in [4.78, 5) is 4.33. The fourth-order valence-electron chi connectivity index (χ4n) is 1.51. The van der Waals surface area contributed by atoms with Gasteiger partial charge in [-0.25, -0.2) is 0 Å². The third kappa shape index (κ3) is 5.30. The number of hydrogen-bond acceptors (Lipinski definition) is 3. The van der Waals surface area contributed by atoms with Gasteiger partial charge in [-0.2, -0.15) is 0 Å². The SMILES string of the molecule is CCOC(OCC)C(N)=NCc1ccc(C)c(Br)c1. The average Bonchev–Trinajstić information content (AvgIpc) is 2.39. The second-order valence-electron chi connectivity index (χ2n) is 4.07. The number of aryl methyl sites for hydroxylation is 1. The zero-order valence-electron chi connectivity index (χ0n) is 11.6. The molecule has 0 fully saturated rings. The minimum absolute atomic E-state index is 0.375. The quantitative estimate of drug-likeness (QED) is 0.475. The molecule has 0 aliphatic heterocycles. The van der Waals surface area contributed by atoms with Crippen LogP contribution in [0.25, 0.3) is 0 Å². The first-order valence-electron chi connectivity index (χ1n) is 6.36. The van der Waals surface area contributed by atoms with Crippen LogP contribution in [0.1, 0.15) is 25.0 Å². The standard InChI is InChI=1S/C14H21BrN2O2/c1-4-18-14(19-5-2)13(16)17-9-11-7-6-10(3)12(15)8-11/h6-8,14H,4-5,9H2,1-3H3,(H2,16,17). The van der Waals surface area contributed by atoms with Gasteiger partial charge in [0.1, 0.15) is 0 Å². The van der Waals surface area contributed by atoms with Gasteiger partial charge >= 0.3 is 0 Å². The molecule has 0 heterocycles. The van der Waals surface area contributed by atoms with Crippen molar-refractivity contribution in [2.45, 2.75) is 33.6 Å². The summed E-state index contributed by atoms with van der Waals surface area (Å²) in [6, 6.07) is 6.13. The number of nitrogens with two attached hydrogens (primary N) is 1. The second kappa shape index (κ2) is 8.30. The van der Waals surface area contributed by atoms with Crippen LogP contribution in [-0.2, 0) is 16.0 Å². The fourth-order valence-corrected chi connectivity index (χ4v) is 1.94. The summed E-state index contributed by atoms with van der Waals surface area (Å²) >= 11 is 3.50. The van der Waals surface area contributed by atoms with Crippen molar-refractivity contribution in [3.05, 3.63) is 33.8 Å². The summed E-state index contributed by atoms with van der Waals surface area (Å²) in [5, 5.41) is 0. The first-order chi connectivity index (χ1) is 9.08. The molecule has 0 aromatic heterocycles. The summed E-state index contributed by atoms with van der Waals surface area (Å²) < 4.78 is 11.9. The summed E-state index contributed by atoms with van der Waals surface area (Å²) in [5.41, 5.74) is 8.18. The molecule has 1 rings (SSSR count). The maximum Gasteiger partial charge on any atom is 0.216 e. The highest BCUT2D eigenvalue weighted by molar-refractivity contribution is 9.10. The van der Waals surface area contributed by atoms with E-state index < -0.39 is 6.29 Å². The smallest absolute Gasteiger partial charge is 0.216 e. The molecule has 0 bridgehead atoms. The third-order valence-electron chi connectivity index (χ3n) is 2.56. The molecule has 1 aromatic carbocycles. The highest BCUT2D eigenvalue weighted by Gasteiger charge is 2.12. The lowest BCUT2D eigenvalue weighted by Crippen LogP contribution is -2.34. The van der Waals surface area contributed by atoms with E-state index in [1.54, 1.807) is 0 Å². The van der Waals surface area contributed by atoms with Crippen molar-refractivity contribution in [1.82, 2.24) is 0 Å². The predicted molar refractivity (Wildman–Crippen MR) is 81.2 cm³/mol. The summed E-state index contributed by atoms with van der Waals surface area (Å²) in [7, 11) is 0. The van der Waals surface area contributed by atoms with Crippen molar-refractivity contribution >= 4 is 21.8 Å². The minimum Gasteiger partial charge on any atom is -0.383 e. The Morgan fingerprint density at radius 3 is 2.47 bits per heavy atom. The van der Waals surface area contributed by atoms with E-state index in [1.807, 2.05) is 39.0 Å². The van der Waals surface area contributed by atoms with Crippen LogP contribution in [0.15, 0.2) is 27.7 Å². The molecule has 106 valence electrons. The van der Waals surface area contributed by atoms with Crippen LogP contribution >= 0.6 is 15.9 Å². The molecule has 2 N–H and O–H groups in total. The Hall–Kier alpha value is -0.910. The van der Waals surface area contributed by atoms with Gasteiger partial charge in [-0.3, -0.25) is 4.99 Å². The zero-order chi connectivity index (χ0) is 14.3. The highest BCUT2D eigenvalue weighted by atomic mass is 79.9. The van der Waals surface area contributed by atoms with Crippen molar-refractivity contribution in [3.63, 3.8) is 0 Å². The van der Waals surface area contributed by atoms with Gasteiger partial charge in [0, 0.05) is 17.7 Å². The van der Waals surface area contributed by atoms with E-state index in [4.69, 9.17) is 15.2 Å². The Balaban J connectivity index is 2.69. The molecule has 5 heteroatoms. The van der Waals surface area contributed by atoms with Gasteiger partial charge in [0.25, 0.3) is 0 Å². The predicted octanol–water partition coefficient (Wildman–Crippen LogP) is 3.01. The lowest BCUT2D eigenvalue weighted by Gasteiger charge is -2.16. The van der Waals surface area contributed by atoms with E-state index in [-0.39, 0.29) is 0 Å². The van der Waals surface area contributed by atoms with E-state index >= 15 is 0 Å². The average molecular weight is 329 g/mol. The van der Waals surface area contributed by atoms with Gasteiger partial charge in [0.2, 0.25) is 6.29 Å². The Morgan fingerprint density at radius 2 is 1.95 bits per heavy atom. The van der Waals surface area contributed by atoms with Crippen molar-refractivity contribution in [2.75, 3.05) is 13.2 Å². The Kier molecular flexibility index (Phi) is 7.05. The normalized spacial score (nSPS) is 12.2. The van der Waals surface area contributed by atoms with E-state index in [1.165, 1.54) is 5.56 Å². The Labute approximate surface area is 123 Å². The maximum atomic E-state index is 5.89. The lowest BCUT2D eigenvalue weighted by molar-refractivity contribution is -0.0907. The van der Waals surface area contributed by atoms with Crippen LogP contribution in [0.5, 0.6) is 0 Å². The topological polar surface area (TPSA) is 56.8 Å². The van der Waals surface area contributed by atoms with E-state index in [0.29, 0.717) is 25.6 Å². The molecule has 0 atom stereocenters.